The van der Waals surface area contributed by atoms with E-state index in [1.54, 1.807) is 0 Å². The highest BCUT2D eigenvalue weighted by molar-refractivity contribution is 7.71. The maximum absolute atomic E-state index is 11.8. The molecule has 5 heteroatoms. The van der Waals surface area contributed by atoms with Gasteiger partial charge in [-0.15, -0.1) is 0 Å². The molecule has 0 aliphatic heterocycles. The van der Waals surface area contributed by atoms with E-state index in [0.29, 0.717) is 6.26 Å². The van der Waals surface area contributed by atoms with Crippen LogP contribution in [0.3, 0.4) is 0 Å². The molecule has 0 atom stereocenters. The van der Waals surface area contributed by atoms with Crippen LogP contribution in [0.25, 0.3) is 0 Å². The third-order valence-corrected chi connectivity index (χ3v) is 1.26. The molecule has 0 spiro atoms. The Hall–Kier alpha value is -0.840. The first-order valence-corrected chi connectivity index (χ1v) is 3.07. The number of hydrogen-bond donors (Lipinski definition) is 0. The fourth-order valence-corrected chi connectivity index (χ4v) is 0.635. The van der Waals surface area contributed by atoms with Gasteiger partial charge >= 0.3 is 6.18 Å². The maximum atomic E-state index is 11.8. The third kappa shape index (κ3) is 2.04. The molecule has 0 radical (unpaired) electrons. The molecule has 0 saturated carbocycles. The van der Waals surface area contributed by atoms with E-state index < -0.39 is 11.7 Å². The van der Waals surface area contributed by atoms with Gasteiger partial charge in [-0.1, -0.05) is 0 Å². The number of rotatable bonds is 0. The number of alkyl halides is 3. The Kier molecular flexibility index (Phi) is 1.99. The first-order valence-electron chi connectivity index (χ1n) is 2.66. The predicted octanol–water partition coefficient (Wildman–Crippen LogP) is 3.03. The summed E-state index contributed by atoms with van der Waals surface area (Å²) < 4.78 is 39.9. The van der Waals surface area contributed by atoms with E-state index in [-0.39, 0.29) is 4.71 Å². The standard InChI is InChI=1S/C6H3F3OS/c7-6(8,9)4-1-2-5(11)10-3-4/h1-3H. The van der Waals surface area contributed by atoms with Crippen molar-refractivity contribution >= 4 is 12.2 Å². The molecule has 0 aromatic carbocycles. The van der Waals surface area contributed by atoms with Gasteiger partial charge in [-0.3, -0.25) is 0 Å². The van der Waals surface area contributed by atoms with E-state index in [4.69, 9.17) is 0 Å². The lowest BCUT2D eigenvalue weighted by molar-refractivity contribution is -0.138. The molecule has 0 bridgehead atoms. The zero-order valence-electron chi connectivity index (χ0n) is 5.18. The Morgan fingerprint density at radius 1 is 1.27 bits per heavy atom. The van der Waals surface area contributed by atoms with Crippen LogP contribution in [0, 0.1) is 4.71 Å². The second-order valence-corrected chi connectivity index (χ2v) is 2.24. The average molecular weight is 180 g/mol. The van der Waals surface area contributed by atoms with Crippen LogP contribution in [0.15, 0.2) is 22.8 Å². The van der Waals surface area contributed by atoms with Gasteiger partial charge in [-0.05, 0) is 24.4 Å². The summed E-state index contributed by atoms with van der Waals surface area (Å²) in [5.41, 5.74) is -0.828. The van der Waals surface area contributed by atoms with E-state index in [0.717, 1.165) is 12.1 Å². The van der Waals surface area contributed by atoms with Crippen molar-refractivity contribution in [1.29, 1.82) is 0 Å². The van der Waals surface area contributed by atoms with Crippen molar-refractivity contribution in [3.8, 4) is 0 Å². The van der Waals surface area contributed by atoms with Crippen molar-refractivity contribution in [3.05, 3.63) is 28.7 Å². The molecule has 0 aliphatic rings. The van der Waals surface area contributed by atoms with Crippen LogP contribution in [0.5, 0.6) is 0 Å². The molecule has 0 aliphatic carbocycles. The van der Waals surface area contributed by atoms with Crippen LogP contribution < -0.4 is 0 Å². The van der Waals surface area contributed by atoms with E-state index >= 15 is 0 Å². The molecular weight excluding hydrogens is 177 g/mol. The minimum atomic E-state index is -4.35. The fourth-order valence-electron chi connectivity index (χ4n) is 0.519. The molecular formula is C6H3F3OS. The Morgan fingerprint density at radius 2 is 1.91 bits per heavy atom. The highest BCUT2D eigenvalue weighted by Gasteiger charge is 2.30. The Morgan fingerprint density at radius 3 is 2.27 bits per heavy atom. The van der Waals surface area contributed by atoms with E-state index in [9.17, 15) is 13.2 Å². The molecule has 1 aromatic rings. The highest BCUT2D eigenvalue weighted by atomic mass is 32.1. The summed E-state index contributed by atoms with van der Waals surface area (Å²) in [5.74, 6) is 0. The van der Waals surface area contributed by atoms with Crippen molar-refractivity contribution in [2.24, 2.45) is 0 Å². The molecule has 0 unspecified atom stereocenters. The number of hydrogen-bond acceptors (Lipinski definition) is 2. The first kappa shape index (κ1) is 8.26. The van der Waals surface area contributed by atoms with Gasteiger partial charge in [0.05, 0.1) is 5.56 Å². The van der Waals surface area contributed by atoms with Crippen molar-refractivity contribution < 1.29 is 17.6 Å². The van der Waals surface area contributed by atoms with Crippen LogP contribution in [0.1, 0.15) is 5.56 Å². The summed E-state index contributed by atoms with van der Waals surface area (Å²) in [5, 5.41) is 0. The topological polar surface area (TPSA) is 13.1 Å². The zero-order valence-corrected chi connectivity index (χ0v) is 6.00. The summed E-state index contributed by atoms with van der Waals surface area (Å²) in [4.78, 5) is 0. The lowest BCUT2D eigenvalue weighted by atomic mass is 10.3. The van der Waals surface area contributed by atoms with Crippen molar-refractivity contribution in [2.75, 3.05) is 0 Å². The van der Waals surface area contributed by atoms with Crippen LogP contribution >= 0.6 is 12.2 Å². The van der Waals surface area contributed by atoms with Crippen LogP contribution in [-0.4, -0.2) is 0 Å². The van der Waals surface area contributed by atoms with Crippen LogP contribution in [0.4, 0.5) is 13.2 Å². The molecule has 1 aromatic heterocycles. The molecule has 0 fully saturated rings. The first-order chi connectivity index (χ1) is 5.00. The largest absolute Gasteiger partial charge is 0.453 e. The minimum absolute atomic E-state index is 0.0398. The summed E-state index contributed by atoms with van der Waals surface area (Å²) >= 11 is 4.46. The molecule has 11 heavy (non-hydrogen) atoms. The molecule has 1 heterocycles. The van der Waals surface area contributed by atoms with Crippen LogP contribution in [0.2, 0.25) is 0 Å². The molecule has 1 rings (SSSR count). The Balaban J connectivity index is 3.09. The summed E-state index contributed by atoms with van der Waals surface area (Å²) in [6.07, 6.45) is -3.76. The molecule has 1 nitrogen and oxygen atoms in total. The van der Waals surface area contributed by atoms with Crippen molar-refractivity contribution in [2.45, 2.75) is 6.18 Å². The van der Waals surface area contributed by atoms with Gasteiger partial charge in [0.2, 0.25) is 0 Å². The summed E-state index contributed by atoms with van der Waals surface area (Å²) in [7, 11) is 0. The van der Waals surface area contributed by atoms with E-state index in [2.05, 4.69) is 16.6 Å². The number of halogens is 3. The Bertz CT molecular complexity index is 281. The van der Waals surface area contributed by atoms with Crippen LogP contribution in [-0.2, 0) is 6.18 Å². The zero-order chi connectivity index (χ0) is 8.48. The van der Waals surface area contributed by atoms with Gasteiger partial charge in [-0.25, -0.2) is 0 Å². The van der Waals surface area contributed by atoms with Gasteiger partial charge < -0.3 is 4.42 Å². The van der Waals surface area contributed by atoms with Crippen molar-refractivity contribution in [3.63, 3.8) is 0 Å². The highest BCUT2D eigenvalue weighted by Crippen LogP contribution is 2.28. The van der Waals surface area contributed by atoms with E-state index in [1.165, 1.54) is 0 Å². The third-order valence-electron chi connectivity index (χ3n) is 1.03. The second-order valence-electron chi connectivity index (χ2n) is 1.84. The monoisotopic (exact) mass is 180 g/mol. The molecule has 0 amide bonds. The smallest absolute Gasteiger partial charge is 0.419 e. The molecule has 0 saturated heterocycles. The maximum Gasteiger partial charge on any atom is 0.419 e. The second kappa shape index (κ2) is 2.65. The van der Waals surface area contributed by atoms with Gasteiger partial charge in [0, 0.05) is 0 Å². The predicted molar refractivity (Wildman–Crippen MR) is 34.5 cm³/mol. The fraction of sp³-hybridized carbons (Fsp3) is 0.167. The van der Waals surface area contributed by atoms with Gasteiger partial charge in [0.25, 0.3) is 0 Å². The van der Waals surface area contributed by atoms with Gasteiger partial charge in [0.15, 0.2) is 4.71 Å². The van der Waals surface area contributed by atoms with Gasteiger partial charge in [-0.2, -0.15) is 13.2 Å². The minimum Gasteiger partial charge on any atom is -0.453 e. The normalized spacial score (nSPS) is 11.5. The lowest BCUT2D eigenvalue weighted by Gasteiger charge is -2.03. The van der Waals surface area contributed by atoms with Crippen molar-refractivity contribution in [1.82, 2.24) is 0 Å². The molecule has 0 N–H and O–H groups in total. The van der Waals surface area contributed by atoms with E-state index in [1.807, 2.05) is 0 Å². The molecule has 60 valence electrons. The average Bonchev–Trinajstić information content (AvgIpc) is 1.86. The Labute approximate surface area is 65.5 Å². The lowest BCUT2D eigenvalue weighted by Crippen LogP contribution is -2.03. The summed E-state index contributed by atoms with van der Waals surface area (Å²) in [6, 6.07) is 1.98. The SMILES string of the molecule is FC(F)(F)c1ccc(=S)oc1. The summed E-state index contributed by atoms with van der Waals surface area (Å²) in [6.45, 7) is 0. The quantitative estimate of drug-likeness (QED) is 0.569. The van der Waals surface area contributed by atoms with Gasteiger partial charge in [0.1, 0.15) is 6.26 Å².